The van der Waals surface area contributed by atoms with E-state index in [4.69, 9.17) is 9.47 Å². The Hall–Kier alpha value is -0.0800. The first-order valence-electron chi connectivity index (χ1n) is 9.26. The van der Waals surface area contributed by atoms with E-state index in [2.05, 4.69) is 20.8 Å². The van der Waals surface area contributed by atoms with Crippen LogP contribution in [0.3, 0.4) is 0 Å². The molecule has 1 spiro atoms. The maximum absolute atomic E-state index is 6.50. The fourth-order valence-corrected chi connectivity index (χ4v) is 7.51. The molecule has 3 saturated carbocycles. The maximum atomic E-state index is 6.50. The zero-order chi connectivity index (χ0) is 14.5. The third-order valence-corrected chi connectivity index (χ3v) is 8.72. The largest absolute Gasteiger partial charge is 0.377 e. The van der Waals surface area contributed by atoms with Gasteiger partial charge in [0, 0.05) is 12.0 Å². The Morgan fingerprint density at radius 2 is 1.76 bits per heavy atom. The van der Waals surface area contributed by atoms with Crippen LogP contribution in [0.5, 0.6) is 0 Å². The summed E-state index contributed by atoms with van der Waals surface area (Å²) in [6, 6.07) is 0. The molecule has 5 aliphatic rings. The summed E-state index contributed by atoms with van der Waals surface area (Å²) >= 11 is 0. The summed E-state index contributed by atoms with van der Waals surface area (Å²) in [7, 11) is 0. The minimum absolute atomic E-state index is 0.211. The number of ether oxygens (including phenoxy) is 2. The molecular weight excluding hydrogens is 260 g/mol. The van der Waals surface area contributed by atoms with E-state index < -0.39 is 0 Å². The molecule has 5 fully saturated rings. The van der Waals surface area contributed by atoms with Crippen LogP contribution >= 0.6 is 0 Å². The molecule has 0 unspecified atom stereocenters. The molecule has 21 heavy (non-hydrogen) atoms. The number of epoxide rings is 1. The first-order chi connectivity index (χ1) is 9.94. The topological polar surface area (TPSA) is 21.8 Å². The van der Waals surface area contributed by atoms with Crippen molar-refractivity contribution in [2.45, 2.75) is 89.4 Å². The smallest absolute Gasteiger partial charge is 0.103 e. The summed E-state index contributed by atoms with van der Waals surface area (Å²) in [6.45, 7) is 8.46. The van der Waals surface area contributed by atoms with Crippen molar-refractivity contribution in [1.82, 2.24) is 0 Å². The lowest BCUT2D eigenvalue weighted by Gasteiger charge is -2.58. The second kappa shape index (κ2) is 3.70. The van der Waals surface area contributed by atoms with Crippen LogP contribution in [0.15, 0.2) is 0 Å². The summed E-state index contributed by atoms with van der Waals surface area (Å²) < 4.78 is 12.8. The number of hydrogen-bond donors (Lipinski definition) is 0. The van der Waals surface area contributed by atoms with E-state index in [1.807, 2.05) is 0 Å². The maximum Gasteiger partial charge on any atom is 0.103 e. The molecular formula is C19H30O2. The van der Waals surface area contributed by atoms with Crippen LogP contribution in [-0.2, 0) is 9.47 Å². The van der Waals surface area contributed by atoms with Crippen molar-refractivity contribution in [1.29, 1.82) is 0 Å². The summed E-state index contributed by atoms with van der Waals surface area (Å²) in [5.74, 6) is 1.64. The molecule has 0 radical (unpaired) electrons. The van der Waals surface area contributed by atoms with E-state index in [9.17, 15) is 0 Å². The van der Waals surface area contributed by atoms with Gasteiger partial charge in [0.15, 0.2) is 0 Å². The molecule has 0 aromatic rings. The van der Waals surface area contributed by atoms with Gasteiger partial charge >= 0.3 is 0 Å². The Kier molecular flexibility index (Phi) is 2.35. The van der Waals surface area contributed by atoms with Crippen molar-refractivity contribution in [2.75, 3.05) is 6.61 Å². The lowest BCUT2D eigenvalue weighted by atomic mass is 9.45. The van der Waals surface area contributed by atoms with Crippen LogP contribution in [0.2, 0.25) is 0 Å². The average molecular weight is 290 g/mol. The molecule has 0 aromatic carbocycles. The van der Waals surface area contributed by atoms with Gasteiger partial charge in [-0.1, -0.05) is 13.8 Å². The molecule has 5 rings (SSSR count). The highest BCUT2D eigenvalue weighted by atomic mass is 16.6. The molecule has 0 amide bonds. The highest BCUT2D eigenvalue weighted by Gasteiger charge is 2.79. The summed E-state index contributed by atoms with van der Waals surface area (Å²) in [4.78, 5) is 0. The molecule has 2 heterocycles. The van der Waals surface area contributed by atoms with Crippen molar-refractivity contribution in [3.05, 3.63) is 0 Å². The van der Waals surface area contributed by atoms with Gasteiger partial charge in [0.25, 0.3) is 0 Å². The zero-order valence-electron chi connectivity index (χ0n) is 13.9. The van der Waals surface area contributed by atoms with Gasteiger partial charge in [-0.25, -0.2) is 0 Å². The number of rotatable bonds is 0. The molecule has 2 aliphatic heterocycles. The number of hydrogen-bond acceptors (Lipinski definition) is 2. The Morgan fingerprint density at radius 3 is 2.62 bits per heavy atom. The third-order valence-electron chi connectivity index (χ3n) is 8.72. The Bertz CT molecular complexity index is 490. The molecule has 0 bridgehead atoms. The van der Waals surface area contributed by atoms with E-state index in [-0.39, 0.29) is 11.2 Å². The van der Waals surface area contributed by atoms with Crippen molar-refractivity contribution in [3.63, 3.8) is 0 Å². The molecule has 0 N–H and O–H groups in total. The molecule has 2 heteroatoms. The van der Waals surface area contributed by atoms with E-state index in [0.717, 1.165) is 18.4 Å². The summed E-state index contributed by atoms with van der Waals surface area (Å²) in [5, 5.41) is 0. The Morgan fingerprint density at radius 1 is 0.905 bits per heavy atom. The summed E-state index contributed by atoms with van der Waals surface area (Å²) in [6.07, 6.45) is 11.3. The van der Waals surface area contributed by atoms with Gasteiger partial charge in [0.2, 0.25) is 0 Å². The van der Waals surface area contributed by atoms with E-state index >= 15 is 0 Å². The van der Waals surface area contributed by atoms with Gasteiger partial charge < -0.3 is 9.47 Å². The predicted octanol–water partition coefficient (Wildman–Crippen LogP) is 4.32. The first kappa shape index (κ1) is 13.4. The molecule has 7 atom stereocenters. The van der Waals surface area contributed by atoms with Gasteiger partial charge in [-0.2, -0.15) is 0 Å². The zero-order valence-corrected chi connectivity index (χ0v) is 13.9. The monoisotopic (exact) mass is 290 g/mol. The van der Waals surface area contributed by atoms with Crippen LogP contribution in [0.4, 0.5) is 0 Å². The van der Waals surface area contributed by atoms with Crippen LogP contribution in [0.1, 0.15) is 72.1 Å². The predicted molar refractivity (Wildman–Crippen MR) is 82.1 cm³/mol. The molecule has 0 aromatic heterocycles. The van der Waals surface area contributed by atoms with E-state index in [1.54, 1.807) is 0 Å². The first-order valence-corrected chi connectivity index (χ1v) is 9.26. The van der Waals surface area contributed by atoms with Crippen LogP contribution in [-0.4, -0.2) is 23.9 Å². The minimum Gasteiger partial charge on any atom is -0.377 e. The van der Waals surface area contributed by atoms with Gasteiger partial charge in [0.05, 0.1) is 11.7 Å². The molecule has 118 valence electrons. The highest BCUT2D eigenvalue weighted by Crippen LogP contribution is 2.75. The quantitative estimate of drug-likeness (QED) is 0.620. The highest BCUT2D eigenvalue weighted by molar-refractivity contribution is 5.27. The van der Waals surface area contributed by atoms with Gasteiger partial charge in [-0.15, -0.1) is 0 Å². The van der Waals surface area contributed by atoms with E-state index in [0.29, 0.717) is 16.9 Å². The van der Waals surface area contributed by atoms with Gasteiger partial charge in [0.1, 0.15) is 5.60 Å². The summed E-state index contributed by atoms with van der Waals surface area (Å²) in [5.41, 5.74) is 1.33. The van der Waals surface area contributed by atoms with Crippen molar-refractivity contribution < 1.29 is 9.47 Å². The van der Waals surface area contributed by atoms with Gasteiger partial charge in [-0.05, 0) is 75.5 Å². The van der Waals surface area contributed by atoms with Gasteiger partial charge in [-0.3, -0.25) is 0 Å². The van der Waals surface area contributed by atoms with Crippen LogP contribution in [0.25, 0.3) is 0 Å². The van der Waals surface area contributed by atoms with Crippen molar-refractivity contribution in [2.24, 2.45) is 22.7 Å². The standard InChI is InChI=1S/C19H30O2/c1-16-9-6-14-13(15(16)20-12-11-16)5-10-19-17(14,2)7-4-8-18(19,3)21-19/h13-15H,4-12H2,1-3H3/t13-,14+,15+,16-,17-,18-,19+/m1/s1. The molecule has 3 aliphatic carbocycles. The van der Waals surface area contributed by atoms with Crippen molar-refractivity contribution >= 4 is 0 Å². The fourth-order valence-electron chi connectivity index (χ4n) is 7.51. The Balaban J connectivity index is 1.53. The van der Waals surface area contributed by atoms with Crippen LogP contribution in [0, 0.1) is 22.7 Å². The normalized spacial score (nSPS) is 65.0. The van der Waals surface area contributed by atoms with Crippen LogP contribution < -0.4 is 0 Å². The average Bonchev–Trinajstić information content (AvgIpc) is 2.86. The minimum atomic E-state index is 0.211. The van der Waals surface area contributed by atoms with E-state index in [1.165, 1.54) is 51.4 Å². The molecule has 2 nitrogen and oxygen atoms in total. The SMILES string of the molecule is C[C@@]12CCO[C@H]1[C@@H]1CC[C@@]34O[C@]3(C)CCC[C@]4(C)[C@H]1CC2. The fraction of sp³-hybridized carbons (Fsp3) is 1.00. The van der Waals surface area contributed by atoms with Crippen molar-refractivity contribution in [3.8, 4) is 0 Å². The second-order valence-corrected chi connectivity index (χ2v) is 9.47. The second-order valence-electron chi connectivity index (χ2n) is 9.47. The molecule has 2 saturated heterocycles. The lowest BCUT2D eigenvalue weighted by molar-refractivity contribution is -0.135. The third kappa shape index (κ3) is 1.35. The number of fused-ring (bicyclic) bond motifs is 4. The lowest BCUT2D eigenvalue weighted by Crippen LogP contribution is -2.59. The Labute approximate surface area is 129 Å².